The zero-order chi connectivity index (χ0) is 13.9. The van der Waals surface area contributed by atoms with E-state index in [4.69, 9.17) is 4.42 Å². The molecule has 0 N–H and O–H groups in total. The molecule has 3 aromatic rings. The number of rotatable bonds is 3. The van der Waals surface area contributed by atoms with Gasteiger partial charge in [0, 0.05) is 5.56 Å². The highest BCUT2D eigenvalue weighted by atomic mass is 16.3. The molecule has 0 bridgehead atoms. The molecule has 1 heterocycles. The van der Waals surface area contributed by atoms with Gasteiger partial charge in [-0.15, -0.1) is 0 Å². The quantitative estimate of drug-likeness (QED) is 0.654. The second-order valence-corrected chi connectivity index (χ2v) is 5.16. The maximum Gasteiger partial charge on any atom is 0.226 e. The van der Waals surface area contributed by atoms with Gasteiger partial charge in [0.25, 0.3) is 0 Å². The third-order valence-electron chi connectivity index (χ3n) is 3.46. The lowest BCUT2D eigenvalue weighted by Gasteiger charge is -2.12. The summed E-state index contributed by atoms with van der Waals surface area (Å²) in [6.45, 7) is 4.38. The van der Waals surface area contributed by atoms with Crippen molar-refractivity contribution >= 4 is 0 Å². The van der Waals surface area contributed by atoms with Gasteiger partial charge in [-0.3, -0.25) is 0 Å². The molecule has 0 amide bonds. The molecule has 0 fully saturated rings. The van der Waals surface area contributed by atoms with Crippen LogP contribution in [0.25, 0.3) is 22.6 Å². The van der Waals surface area contributed by atoms with Crippen molar-refractivity contribution in [3.63, 3.8) is 0 Å². The third-order valence-corrected chi connectivity index (χ3v) is 3.46. The van der Waals surface area contributed by atoms with Crippen molar-refractivity contribution < 1.29 is 4.42 Å². The van der Waals surface area contributed by atoms with E-state index in [9.17, 15) is 0 Å². The summed E-state index contributed by atoms with van der Waals surface area (Å²) in [7, 11) is 0. The zero-order valence-electron chi connectivity index (χ0n) is 11.7. The summed E-state index contributed by atoms with van der Waals surface area (Å²) < 4.78 is 5.51. The molecule has 0 aliphatic carbocycles. The smallest absolute Gasteiger partial charge is 0.226 e. The van der Waals surface area contributed by atoms with Crippen molar-refractivity contribution in [2.45, 2.75) is 19.8 Å². The average molecular weight is 263 g/mol. The molecule has 2 heteroatoms. The fraction of sp³-hybridized carbons (Fsp3) is 0.167. The molecular weight excluding hydrogens is 246 g/mol. The average Bonchev–Trinajstić information content (AvgIpc) is 3.01. The summed E-state index contributed by atoms with van der Waals surface area (Å²) in [5, 5.41) is 0. The summed E-state index contributed by atoms with van der Waals surface area (Å²) in [6.07, 6.45) is 3.30. The van der Waals surface area contributed by atoms with Gasteiger partial charge in [0.15, 0.2) is 0 Å². The number of benzene rings is 2. The van der Waals surface area contributed by atoms with Crippen LogP contribution in [0.3, 0.4) is 0 Å². The predicted molar refractivity (Wildman–Crippen MR) is 81.5 cm³/mol. The fourth-order valence-electron chi connectivity index (χ4n) is 2.32. The minimum Gasteiger partial charge on any atom is -0.445 e. The lowest BCUT2D eigenvalue weighted by molar-refractivity contribution is 0.574. The minimum absolute atomic E-state index is 0.480. The standard InChI is InChI=1S/C18H17NO/c1-13(2)15-8-9-16(14-6-4-3-5-7-14)17(12-15)18-19-10-11-20-18/h3-13H,1-2H3. The Bertz CT molecular complexity index is 685. The summed E-state index contributed by atoms with van der Waals surface area (Å²) in [4.78, 5) is 4.31. The van der Waals surface area contributed by atoms with Crippen LogP contribution in [-0.4, -0.2) is 4.98 Å². The van der Waals surface area contributed by atoms with Crippen LogP contribution >= 0.6 is 0 Å². The molecular formula is C18H17NO. The van der Waals surface area contributed by atoms with Gasteiger partial charge >= 0.3 is 0 Å². The van der Waals surface area contributed by atoms with E-state index in [0.29, 0.717) is 11.8 Å². The number of hydrogen-bond acceptors (Lipinski definition) is 2. The third kappa shape index (κ3) is 2.37. The Morgan fingerprint density at radius 3 is 2.40 bits per heavy atom. The van der Waals surface area contributed by atoms with Gasteiger partial charge < -0.3 is 4.42 Å². The van der Waals surface area contributed by atoms with Crippen LogP contribution in [-0.2, 0) is 0 Å². The molecule has 0 aliphatic heterocycles. The minimum atomic E-state index is 0.480. The van der Waals surface area contributed by atoms with E-state index in [1.807, 2.05) is 18.2 Å². The molecule has 100 valence electrons. The highest BCUT2D eigenvalue weighted by Crippen LogP contribution is 2.33. The largest absolute Gasteiger partial charge is 0.445 e. The van der Waals surface area contributed by atoms with E-state index in [-0.39, 0.29) is 0 Å². The first-order chi connectivity index (χ1) is 9.75. The normalized spacial score (nSPS) is 10.9. The lowest BCUT2D eigenvalue weighted by Crippen LogP contribution is -1.91. The van der Waals surface area contributed by atoms with Gasteiger partial charge in [0.05, 0.1) is 6.20 Å². The van der Waals surface area contributed by atoms with Crippen LogP contribution in [0.4, 0.5) is 0 Å². The van der Waals surface area contributed by atoms with E-state index in [0.717, 1.165) is 11.1 Å². The Balaban J connectivity index is 2.19. The van der Waals surface area contributed by atoms with Gasteiger partial charge in [-0.25, -0.2) is 4.98 Å². The van der Waals surface area contributed by atoms with E-state index in [1.54, 1.807) is 12.5 Å². The van der Waals surface area contributed by atoms with Crippen LogP contribution in [0.2, 0.25) is 0 Å². The monoisotopic (exact) mass is 263 g/mol. The molecule has 0 radical (unpaired) electrons. The Labute approximate surface area is 119 Å². The maximum absolute atomic E-state index is 5.51. The molecule has 0 saturated carbocycles. The Morgan fingerprint density at radius 2 is 1.75 bits per heavy atom. The molecule has 0 unspecified atom stereocenters. The highest BCUT2D eigenvalue weighted by molar-refractivity contribution is 5.80. The van der Waals surface area contributed by atoms with Crippen LogP contribution in [0, 0.1) is 0 Å². The molecule has 1 aromatic heterocycles. The first-order valence-electron chi connectivity index (χ1n) is 6.85. The van der Waals surface area contributed by atoms with Crippen LogP contribution in [0.15, 0.2) is 65.4 Å². The first kappa shape index (κ1) is 12.7. The number of aromatic nitrogens is 1. The Hall–Kier alpha value is -2.35. The molecule has 2 aromatic carbocycles. The number of nitrogens with zero attached hydrogens (tertiary/aromatic N) is 1. The topological polar surface area (TPSA) is 26.0 Å². The fourth-order valence-corrected chi connectivity index (χ4v) is 2.32. The number of oxazole rings is 1. The SMILES string of the molecule is CC(C)c1ccc(-c2ccccc2)c(-c2ncco2)c1. The van der Waals surface area contributed by atoms with Crippen molar-refractivity contribution in [1.82, 2.24) is 4.98 Å². The first-order valence-corrected chi connectivity index (χ1v) is 6.85. The second kappa shape index (κ2) is 5.33. The van der Waals surface area contributed by atoms with Crippen molar-refractivity contribution in [1.29, 1.82) is 0 Å². The second-order valence-electron chi connectivity index (χ2n) is 5.16. The molecule has 2 nitrogen and oxygen atoms in total. The van der Waals surface area contributed by atoms with Gasteiger partial charge in [-0.2, -0.15) is 0 Å². The zero-order valence-corrected chi connectivity index (χ0v) is 11.7. The molecule has 0 spiro atoms. The van der Waals surface area contributed by atoms with Gasteiger partial charge in [-0.05, 0) is 28.7 Å². The van der Waals surface area contributed by atoms with Gasteiger partial charge in [0.1, 0.15) is 6.26 Å². The highest BCUT2D eigenvalue weighted by Gasteiger charge is 2.13. The van der Waals surface area contributed by atoms with Gasteiger partial charge in [0.2, 0.25) is 5.89 Å². The van der Waals surface area contributed by atoms with E-state index in [1.165, 1.54) is 11.1 Å². The van der Waals surface area contributed by atoms with Crippen molar-refractivity contribution in [2.24, 2.45) is 0 Å². The van der Waals surface area contributed by atoms with Crippen molar-refractivity contribution in [2.75, 3.05) is 0 Å². The Morgan fingerprint density at radius 1 is 0.950 bits per heavy atom. The van der Waals surface area contributed by atoms with Crippen molar-refractivity contribution in [3.05, 3.63) is 66.6 Å². The van der Waals surface area contributed by atoms with Crippen LogP contribution in [0.1, 0.15) is 25.3 Å². The molecule has 0 saturated heterocycles. The number of hydrogen-bond donors (Lipinski definition) is 0. The van der Waals surface area contributed by atoms with Crippen LogP contribution < -0.4 is 0 Å². The molecule has 20 heavy (non-hydrogen) atoms. The van der Waals surface area contributed by atoms with E-state index >= 15 is 0 Å². The molecule has 0 aliphatic rings. The summed E-state index contributed by atoms with van der Waals surface area (Å²) >= 11 is 0. The molecule has 0 atom stereocenters. The van der Waals surface area contributed by atoms with E-state index < -0.39 is 0 Å². The summed E-state index contributed by atoms with van der Waals surface area (Å²) in [5.74, 6) is 1.15. The van der Waals surface area contributed by atoms with Gasteiger partial charge in [-0.1, -0.05) is 56.3 Å². The molecule has 3 rings (SSSR count). The Kier molecular flexibility index (Phi) is 3.38. The van der Waals surface area contributed by atoms with E-state index in [2.05, 4.69) is 49.2 Å². The summed E-state index contributed by atoms with van der Waals surface area (Å²) in [6, 6.07) is 16.9. The summed E-state index contributed by atoms with van der Waals surface area (Å²) in [5.41, 5.74) is 4.67. The lowest BCUT2D eigenvalue weighted by atomic mass is 9.93. The van der Waals surface area contributed by atoms with Crippen LogP contribution in [0.5, 0.6) is 0 Å². The maximum atomic E-state index is 5.51. The predicted octanol–water partition coefficient (Wildman–Crippen LogP) is 5.13. The van der Waals surface area contributed by atoms with Crippen molar-refractivity contribution in [3.8, 4) is 22.6 Å².